The highest BCUT2D eigenvalue weighted by atomic mass is 35.5. The third kappa shape index (κ3) is 4.84. The lowest BCUT2D eigenvalue weighted by atomic mass is 9.84. The van der Waals surface area contributed by atoms with E-state index in [0.29, 0.717) is 27.4 Å². The van der Waals surface area contributed by atoms with E-state index in [0.717, 1.165) is 23.4 Å². The number of benzene rings is 1. The summed E-state index contributed by atoms with van der Waals surface area (Å²) in [6.07, 6.45) is 2.67. The summed E-state index contributed by atoms with van der Waals surface area (Å²) in [5.74, 6) is 0.497. The zero-order valence-corrected chi connectivity index (χ0v) is 19.1. The Hall–Kier alpha value is -2.10. The van der Waals surface area contributed by atoms with E-state index in [2.05, 4.69) is 50.1 Å². The molecular weight excluding hydrogens is 392 g/mol. The fraction of sp³-hybridized carbons (Fsp3) is 0.476. The van der Waals surface area contributed by atoms with Crippen LogP contribution >= 0.6 is 23.1 Å². The summed E-state index contributed by atoms with van der Waals surface area (Å²) in [6.45, 7) is 12.4. The van der Waals surface area contributed by atoms with Crippen molar-refractivity contribution in [1.29, 1.82) is 5.26 Å². The van der Waals surface area contributed by atoms with E-state index in [4.69, 9.17) is 16.3 Å². The third-order valence-corrected chi connectivity index (χ3v) is 5.97. The van der Waals surface area contributed by atoms with Crippen molar-refractivity contribution in [2.24, 2.45) is 4.99 Å². The van der Waals surface area contributed by atoms with Crippen LogP contribution in [0.3, 0.4) is 0 Å². The van der Waals surface area contributed by atoms with E-state index in [9.17, 15) is 5.26 Å². The standard InChI is InChI=1S/C21H27ClN4OS/c1-8-21(5,6)19-15(11-23)20(28-25-19)27-18-9-14(4)17(10-16(18)22)24-12-26(7)13(2)3/h9-10,12-13H,8H2,1-7H3/b24-12-. The van der Waals surface area contributed by atoms with E-state index in [1.165, 1.54) is 11.5 Å². The van der Waals surface area contributed by atoms with E-state index in [1.807, 2.05) is 24.9 Å². The molecule has 0 atom stereocenters. The number of hydrogen-bond acceptors (Lipinski definition) is 5. The Bertz CT molecular complexity index is 912. The van der Waals surface area contributed by atoms with Crippen LogP contribution in [-0.4, -0.2) is 28.7 Å². The third-order valence-electron chi connectivity index (χ3n) is 4.94. The van der Waals surface area contributed by atoms with Gasteiger partial charge < -0.3 is 9.64 Å². The summed E-state index contributed by atoms with van der Waals surface area (Å²) in [5.41, 5.74) is 2.77. The highest BCUT2D eigenvalue weighted by molar-refractivity contribution is 7.08. The summed E-state index contributed by atoms with van der Waals surface area (Å²) in [4.78, 5) is 6.54. The van der Waals surface area contributed by atoms with Crippen LogP contribution in [0, 0.1) is 18.3 Å². The second-order valence-corrected chi connectivity index (χ2v) is 8.86. The van der Waals surface area contributed by atoms with Gasteiger partial charge in [-0.2, -0.15) is 9.64 Å². The minimum Gasteiger partial charge on any atom is -0.442 e. The van der Waals surface area contributed by atoms with E-state index in [1.54, 1.807) is 12.4 Å². The van der Waals surface area contributed by atoms with Crippen LogP contribution in [0.4, 0.5) is 5.69 Å². The molecule has 0 N–H and O–H groups in total. The van der Waals surface area contributed by atoms with Gasteiger partial charge in [-0.05, 0) is 44.9 Å². The smallest absolute Gasteiger partial charge is 0.218 e. The molecule has 0 saturated carbocycles. The van der Waals surface area contributed by atoms with Crippen LogP contribution in [0.5, 0.6) is 10.8 Å². The number of aromatic nitrogens is 1. The minimum atomic E-state index is -0.191. The maximum atomic E-state index is 9.64. The first kappa shape index (κ1) is 22.2. The number of nitriles is 1. The highest BCUT2D eigenvalue weighted by Gasteiger charge is 2.28. The van der Waals surface area contributed by atoms with Gasteiger partial charge in [0.2, 0.25) is 5.06 Å². The van der Waals surface area contributed by atoms with Crippen LogP contribution in [0.2, 0.25) is 5.02 Å². The Kier molecular flexibility index (Phi) is 7.08. The average Bonchev–Trinajstić information content (AvgIpc) is 3.06. The molecule has 0 unspecified atom stereocenters. The monoisotopic (exact) mass is 418 g/mol. The molecule has 0 spiro atoms. The number of halogens is 1. The Balaban J connectivity index is 2.34. The van der Waals surface area contributed by atoms with Gasteiger partial charge in [-0.3, -0.25) is 0 Å². The van der Waals surface area contributed by atoms with Gasteiger partial charge in [-0.15, -0.1) is 0 Å². The van der Waals surface area contributed by atoms with Gasteiger partial charge >= 0.3 is 0 Å². The molecule has 0 aliphatic carbocycles. The van der Waals surface area contributed by atoms with Crippen molar-refractivity contribution in [1.82, 2.24) is 9.27 Å². The highest BCUT2D eigenvalue weighted by Crippen LogP contribution is 2.41. The molecule has 0 bridgehead atoms. The van der Waals surface area contributed by atoms with Gasteiger partial charge in [0.1, 0.15) is 17.4 Å². The molecular formula is C21H27ClN4OS. The average molecular weight is 419 g/mol. The maximum absolute atomic E-state index is 9.64. The van der Waals surface area contributed by atoms with Crippen LogP contribution < -0.4 is 4.74 Å². The number of rotatable bonds is 7. The van der Waals surface area contributed by atoms with Gasteiger partial charge in [-0.1, -0.05) is 32.4 Å². The van der Waals surface area contributed by atoms with Gasteiger partial charge in [0.05, 0.1) is 22.7 Å². The van der Waals surface area contributed by atoms with Crippen LogP contribution in [0.25, 0.3) is 0 Å². The fourth-order valence-electron chi connectivity index (χ4n) is 2.32. The minimum absolute atomic E-state index is 0.191. The Morgan fingerprint density at radius 2 is 2.11 bits per heavy atom. The summed E-state index contributed by atoms with van der Waals surface area (Å²) >= 11 is 7.62. The maximum Gasteiger partial charge on any atom is 0.218 e. The second kappa shape index (κ2) is 8.93. The molecule has 7 heteroatoms. The van der Waals surface area contributed by atoms with Crippen molar-refractivity contribution in [3.63, 3.8) is 0 Å². The van der Waals surface area contributed by atoms with Crippen molar-refractivity contribution in [3.8, 4) is 16.9 Å². The SMILES string of the molecule is CCC(C)(C)c1nsc(Oc2cc(C)c(/N=C\N(C)C(C)C)cc2Cl)c1C#N. The Morgan fingerprint density at radius 1 is 1.43 bits per heavy atom. The number of aliphatic imine (C=N–C) groups is 1. The summed E-state index contributed by atoms with van der Waals surface area (Å²) in [7, 11) is 1.98. The lowest BCUT2D eigenvalue weighted by Crippen LogP contribution is -2.24. The predicted molar refractivity (Wildman–Crippen MR) is 117 cm³/mol. The molecule has 2 rings (SSSR count). The number of ether oxygens (including phenoxy) is 1. The van der Waals surface area contributed by atoms with Gasteiger partial charge in [-0.25, -0.2) is 4.99 Å². The Labute approximate surface area is 176 Å². The second-order valence-electron chi connectivity index (χ2n) is 7.72. The zero-order valence-electron chi connectivity index (χ0n) is 17.5. The van der Waals surface area contributed by atoms with Crippen molar-refractivity contribution >= 4 is 35.2 Å². The largest absolute Gasteiger partial charge is 0.442 e. The number of nitrogens with zero attached hydrogens (tertiary/aromatic N) is 4. The van der Waals surface area contributed by atoms with Crippen LogP contribution in [-0.2, 0) is 5.41 Å². The molecule has 0 saturated heterocycles. The van der Waals surface area contributed by atoms with E-state index < -0.39 is 0 Å². The molecule has 0 radical (unpaired) electrons. The lowest BCUT2D eigenvalue weighted by molar-refractivity contribution is 0.429. The summed E-state index contributed by atoms with van der Waals surface area (Å²) < 4.78 is 10.5. The quantitative estimate of drug-likeness (QED) is 0.382. The lowest BCUT2D eigenvalue weighted by Gasteiger charge is -2.20. The first-order chi connectivity index (χ1) is 13.1. The predicted octanol–water partition coefficient (Wildman–Crippen LogP) is 6.46. The molecule has 1 heterocycles. The normalized spacial score (nSPS) is 11.9. The van der Waals surface area contributed by atoms with Gasteiger partial charge in [0.25, 0.3) is 0 Å². The fourth-order valence-corrected chi connectivity index (χ4v) is 3.39. The van der Waals surface area contributed by atoms with Crippen LogP contribution in [0.1, 0.15) is 57.9 Å². The molecule has 1 aromatic heterocycles. The Morgan fingerprint density at radius 3 is 2.68 bits per heavy atom. The number of hydrogen-bond donors (Lipinski definition) is 0. The van der Waals surface area contributed by atoms with Crippen molar-refractivity contribution in [2.75, 3.05) is 7.05 Å². The van der Waals surface area contributed by atoms with Crippen molar-refractivity contribution in [3.05, 3.63) is 34.0 Å². The molecule has 5 nitrogen and oxygen atoms in total. The van der Waals surface area contributed by atoms with Crippen LogP contribution in [0.15, 0.2) is 17.1 Å². The molecule has 150 valence electrons. The van der Waals surface area contributed by atoms with E-state index >= 15 is 0 Å². The van der Waals surface area contributed by atoms with Crippen molar-refractivity contribution < 1.29 is 4.74 Å². The van der Waals surface area contributed by atoms with Crippen molar-refractivity contribution in [2.45, 2.75) is 59.4 Å². The molecule has 0 aliphatic rings. The molecule has 0 amide bonds. The first-order valence-corrected chi connectivity index (χ1v) is 10.4. The molecule has 28 heavy (non-hydrogen) atoms. The number of aryl methyl sites for hydroxylation is 1. The molecule has 0 fully saturated rings. The van der Waals surface area contributed by atoms with Gasteiger partial charge in [0, 0.05) is 30.0 Å². The zero-order chi connectivity index (χ0) is 21.1. The van der Waals surface area contributed by atoms with Gasteiger partial charge in [0.15, 0.2) is 0 Å². The topological polar surface area (TPSA) is 61.5 Å². The summed E-state index contributed by atoms with van der Waals surface area (Å²) in [5, 5.41) is 10.6. The summed E-state index contributed by atoms with van der Waals surface area (Å²) in [6, 6.07) is 6.23. The molecule has 2 aromatic rings. The molecule has 0 aliphatic heterocycles. The molecule has 1 aromatic carbocycles. The first-order valence-electron chi connectivity index (χ1n) is 9.25. The van der Waals surface area contributed by atoms with E-state index in [-0.39, 0.29) is 5.41 Å².